The zero-order chi connectivity index (χ0) is 22.9. The van der Waals surface area contributed by atoms with Crippen LogP contribution in [0, 0.1) is 0 Å². The van der Waals surface area contributed by atoms with Crippen molar-refractivity contribution in [1.29, 1.82) is 0 Å². The number of hydrogen-bond donors (Lipinski definition) is 1. The van der Waals surface area contributed by atoms with E-state index in [2.05, 4.69) is 30.4 Å². The molecule has 1 aliphatic carbocycles. The van der Waals surface area contributed by atoms with E-state index in [1.807, 2.05) is 27.0 Å². The van der Waals surface area contributed by atoms with E-state index in [1.165, 1.54) is 0 Å². The van der Waals surface area contributed by atoms with Crippen molar-refractivity contribution in [1.82, 2.24) is 14.9 Å². The van der Waals surface area contributed by atoms with Crippen LogP contribution in [0.15, 0.2) is 18.1 Å². The molecule has 172 valence electrons. The van der Waals surface area contributed by atoms with Crippen LogP contribution in [-0.2, 0) is 18.3 Å². The van der Waals surface area contributed by atoms with Gasteiger partial charge in [-0.3, -0.25) is 8.98 Å². The third-order valence-electron chi connectivity index (χ3n) is 4.72. The molecule has 1 unspecified atom stereocenters. The van der Waals surface area contributed by atoms with Gasteiger partial charge in [-0.25, -0.2) is 9.78 Å². The molecule has 0 radical (unpaired) electrons. The summed E-state index contributed by atoms with van der Waals surface area (Å²) in [5, 5.41) is 2.69. The summed E-state index contributed by atoms with van der Waals surface area (Å²) in [7, 11) is 0. The van der Waals surface area contributed by atoms with Crippen LogP contribution in [-0.4, -0.2) is 40.2 Å². The number of ether oxygens (including phenoxy) is 1. The number of carbonyl (C=O) groups excluding carboxylic acids is 2. The van der Waals surface area contributed by atoms with Crippen molar-refractivity contribution in [2.45, 2.75) is 77.0 Å². The molecule has 1 aliphatic rings. The lowest BCUT2D eigenvalue weighted by Crippen LogP contribution is -2.33. The van der Waals surface area contributed by atoms with E-state index in [0.29, 0.717) is 31.0 Å². The second kappa shape index (κ2) is 12.7. The molecule has 1 fully saturated rings. The number of nitrogens with one attached hydrogen (secondary N) is 1. The molecule has 31 heavy (non-hydrogen) atoms. The van der Waals surface area contributed by atoms with Gasteiger partial charge in [0.2, 0.25) is 0 Å². The summed E-state index contributed by atoms with van der Waals surface area (Å²) in [5.74, 6) is 0. The molecular weight excluding hydrogens is 505 g/mol. The maximum absolute atomic E-state index is 11.6. The highest BCUT2D eigenvalue weighted by atomic mass is 79.9. The normalized spacial score (nSPS) is 20.3. The summed E-state index contributed by atoms with van der Waals surface area (Å²) in [6.07, 6.45) is 10.9. The number of allylic oxidation sites excluding steroid dienone is 1. The second-order valence-electron chi connectivity index (χ2n) is 8.43. The fraction of sp³-hybridized carbons (Fsp3) is 0.650. The largest absolute Gasteiger partial charge is 0.519 e. The van der Waals surface area contributed by atoms with Crippen molar-refractivity contribution in [2.24, 2.45) is 0 Å². The number of imidazole rings is 1. The zero-order valence-corrected chi connectivity index (χ0v) is 21.4. The van der Waals surface area contributed by atoms with Crippen molar-refractivity contribution in [2.75, 3.05) is 6.54 Å². The number of aldehydes is 1. The molecule has 0 spiro atoms. The van der Waals surface area contributed by atoms with Gasteiger partial charge in [-0.05, 0) is 75.5 Å². The SMILES string of the molecule is CC(C)(C)OC(=O)NCCC/C(C=O)=C\c1cn(C2CCC(OS[P+](=O)Br)CC2)cn1. The minimum atomic E-state index is -1.52. The lowest BCUT2D eigenvalue weighted by molar-refractivity contribution is -0.105. The third-order valence-corrected chi connectivity index (χ3v) is 6.87. The Morgan fingerprint density at radius 3 is 2.71 bits per heavy atom. The predicted octanol–water partition coefficient (Wildman–Crippen LogP) is 5.97. The van der Waals surface area contributed by atoms with Gasteiger partial charge in [0.1, 0.15) is 11.9 Å². The van der Waals surface area contributed by atoms with Gasteiger partial charge < -0.3 is 14.6 Å². The average molecular weight is 535 g/mol. The summed E-state index contributed by atoms with van der Waals surface area (Å²) in [4.78, 5) is 27.5. The summed E-state index contributed by atoms with van der Waals surface area (Å²) >= 11 is 3.99. The van der Waals surface area contributed by atoms with Crippen LogP contribution in [0.4, 0.5) is 4.79 Å². The molecule has 0 saturated heterocycles. The Labute approximate surface area is 196 Å². The maximum Gasteiger partial charge on any atom is 0.519 e. The fourth-order valence-electron chi connectivity index (χ4n) is 3.31. The first-order chi connectivity index (χ1) is 14.7. The highest BCUT2D eigenvalue weighted by molar-refractivity contribution is 9.45. The number of aromatic nitrogens is 2. The van der Waals surface area contributed by atoms with Crippen molar-refractivity contribution in [3.05, 3.63) is 23.8 Å². The molecule has 1 N–H and O–H groups in total. The van der Waals surface area contributed by atoms with Gasteiger partial charge in [-0.15, -0.1) is 0 Å². The van der Waals surface area contributed by atoms with Gasteiger partial charge in [0.05, 0.1) is 18.1 Å². The average Bonchev–Trinajstić information content (AvgIpc) is 3.16. The Bertz CT molecular complexity index is 788. The van der Waals surface area contributed by atoms with Crippen molar-refractivity contribution in [3.63, 3.8) is 0 Å². The Hall–Kier alpha value is -1.22. The molecular formula is C20H30BrN3O5PS+. The first kappa shape index (κ1) is 26.0. The quantitative estimate of drug-likeness (QED) is 0.130. The molecule has 1 heterocycles. The smallest absolute Gasteiger partial charge is 0.444 e. The summed E-state index contributed by atoms with van der Waals surface area (Å²) in [6.45, 7) is 5.87. The van der Waals surface area contributed by atoms with Crippen LogP contribution in [0.1, 0.15) is 71.0 Å². The van der Waals surface area contributed by atoms with E-state index in [0.717, 1.165) is 49.3 Å². The van der Waals surface area contributed by atoms with E-state index in [4.69, 9.17) is 8.92 Å². The number of carbonyl (C=O) groups is 2. The molecule has 0 aromatic carbocycles. The van der Waals surface area contributed by atoms with Crippen LogP contribution in [0.25, 0.3) is 6.08 Å². The number of halogens is 1. The van der Waals surface area contributed by atoms with Gasteiger partial charge in [0, 0.05) is 18.8 Å². The number of hydrogen-bond acceptors (Lipinski definition) is 7. The third kappa shape index (κ3) is 10.3. The van der Waals surface area contributed by atoms with E-state index in [-0.39, 0.29) is 6.10 Å². The minimum Gasteiger partial charge on any atom is -0.444 e. The van der Waals surface area contributed by atoms with Crippen LogP contribution >= 0.6 is 32.9 Å². The molecule has 0 bridgehead atoms. The highest BCUT2D eigenvalue weighted by Gasteiger charge is 2.26. The first-order valence-corrected chi connectivity index (χ1v) is 14.9. The molecule has 1 atom stereocenters. The van der Waals surface area contributed by atoms with Crippen LogP contribution < -0.4 is 5.32 Å². The van der Waals surface area contributed by atoms with Gasteiger partial charge in [0.15, 0.2) is 0 Å². The maximum atomic E-state index is 11.6. The van der Waals surface area contributed by atoms with E-state index in [1.54, 1.807) is 12.4 Å². The fourth-order valence-corrected chi connectivity index (χ4v) is 4.88. The second-order valence-corrected chi connectivity index (χ2v) is 14.0. The number of amides is 1. The molecule has 2 rings (SSSR count). The van der Waals surface area contributed by atoms with Crippen molar-refractivity contribution < 1.29 is 23.1 Å². The lowest BCUT2D eigenvalue weighted by Gasteiger charge is -2.27. The van der Waals surface area contributed by atoms with E-state index >= 15 is 0 Å². The lowest BCUT2D eigenvalue weighted by atomic mass is 9.93. The Morgan fingerprint density at radius 1 is 1.39 bits per heavy atom. The molecule has 8 nitrogen and oxygen atoms in total. The topological polar surface area (TPSA) is 99.5 Å². The Kier molecular flexibility index (Phi) is 10.7. The predicted molar refractivity (Wildman–Crippen MR) is 126 cm³/mol. The first-order valence-electron chi connectivity index (χ1n) is 10.3. The molecule has 1 saturated carbocycles. The van der Waals surface area contributed by atoms with E-state index in [9.17, 15) is 14.2 Å². The Morgan fingerprint density at radius 2 is 2.10 bits per heavy atom. The molecule has 1 amide bonds. The number of rotatable bonds is 10. The van der Waals surface area contributed by atoms with Gasteiger partial charge in [0.25, 0.3) is 15.5 Å². The monoisotopic (exact) mass is 534 g/mol. The van der Waals surface area contributed by atoms with Gasteiger partial charge in [-0.2, -0.15) is 0 Å². The van der Waals surface area contributed by atoms with Crippen LogP contribution in [0.3, 0.4) is 0 Å². The molecule has 1 aromatic rings. The number of alkyl carbamates (subject to hydrolysis) is 1. The highest BCUT2D eigenvalue weighted by Crippen LogP contribution is 2.47. The van der Waals surface area contributed by atoms with Crippen LogP contribution in [0.5, 0.6) is 0 Å². The summed E-state index contributed by atoms with van der Waals surface area (Å²) in [5.41, 5.74) is -0.677. The van der Waals surface area contributed by atoms with Gasteiger partial charge in [-0.1, -0.05) is 0 Å². The zero-order valence-electron chi connectivity index (χ0n) is 18.1. The standard InChI is InChI=1S/C20H29BrN3O5PS/c1-20(2,3)28-19(26)22-10-4-5-15(13-25)11-16-12-24(14-23-16)17-6-8-18(9-7-17)29-31-30(21)27/h11-14,17-18H,4-10H2,1-3H3/p+1/b15-11+. The van der Waals surface area contributed by atoms with Gasteiger partial charge >= 0.3 is 23.5 Å². The molecule has 1 aromatic heterocycles. The number of nitrogens with zero attached hydrogens (tertiary/aromatic N) is 2. The molecule has 11 heteroatoms. The molecule has 0 aliphatic heterocycles. The van der Waals surface area contributed by atoms with E-state index < -0.39 is 17.4 Å². The minimum absolute atomic E-state index is 0.122. The summed E-state index contributed by atoms with van der Waals surface area (Å²) in [6, 6.07) is 0.343. The van der Waals surface area contributed by atoms with Crippen molar-refractivity contribution >= 4 is 51.3 Å². The van der Waals surface area contributed by atoms with Crippen LogP contribution in [0.2, 0.25) is 0 Å². The summed E-state index contributed by atoms with van der Waals surface area (Å²) < 4.78 is 23.9. The Balaban J connectivity index is 1.78. The van der Waals surface area contributed by atoms with Crippen molar-refractivity contribution in [3.8, 4) is 0 Å².